The van der Waals surface area contributed by atoms with Crippen LogP contribution in [0, 0.1) is 0 Å². The number of carbonyl (C=O) groups excluding carboxylic acids is 3. The number of imide groups is 1. The third-order valence-electron chi connectivity index (χ3n) is 2.39. The van der Waals surface area contributed by atoms with Crippen molar-refractivity contribution in [2.45, 2.75) is 0 Å². The summed E-state index contributed by atoms with van der Waals surface area (Å²) in [6.07, 6.45) is 0. The molecular formula is C11H9N3O5. The Morgan fingerprint density at radius 1 is 1.16 bits per heavy atom. The predicted octanol–water partition coefficient (Wildman–Crippen LogP) is -0.224. The zero-order valence-electron chi connectivity index (χ0n) is 9.52. The van der Waals surface area contributed by atoms with Crippen LogP contribution in [0.4, 0.5) is 10.5 Å². The molecule has 4 amide bonds. The van der Waals surface area contributed by atoms with Crippen molar-refractivity contribution in [1.29, 1.82) is 0 Å². The summed E-state index contributed by atoms with van der Waals surface area (Å²) in [4.78, 5) is 44.2. The number of fused-ring (bicyclic) bond motifs is 1. The smallest absolute Gasteiger partial charge is 0.323 e. The molecule has 0 unspecified atom stereocenters. The molecular weight excluding hydrogens is 254 g/mol. The Kier molecular flexibility index (Phi) is 3.15. The molecule has 1 aliphatic rings. The highest BCUT2D eigenvalue weighted by Crippen LogP contribution is 2.20. The lowest BCUT2D eigenvalue weighted by molar-refractivity contribution is -0.135. The van der Waals surface area contributed by atoms with Crippen LogP contribution >= 0.6 is 0 Å². The van der Waals surface area contributed by atoms with E-state index in [4.69, 9.17) is 5.11 Å². The first-order chi connectivity index (χ1) is 8.97. The second-order valence-corrected chi connectivity index (χ2v) is 3.75. The molecule has 0 saturated carbocycles. The molecule has 1 aromatic carbocycles. The number of benzene rings is 1. The van der Waals surface area contributed by atoms with Gasteiger partial charge in [0.1, 0.15) is 6.54 Å². The normalized spacial score (nSPS) is 12.6. The highest BCUT2D eigenvalue weighted by atomic mass is 16.4. The molecule has 19 heavy (non-hydrogen) atoms. The second-order valence-electron chi connectivity index (χ2n) is 3.75. The standard InChI is InChI=1S/C11H9N3O5/c15-8(16)4-12-11(19)13-5-1-2-6-7(3-5)10(18)14-9(6)17/h1-3H,4H2,(H,15,16)(H2,12,13,19)(H,14,17,18). The van der Waals surface area contributed by atoms with Crippen molar-refractivity contribution in [2.24, 2.45) is 0 Å². The Hall–Kier alpha value is -2.90. The summed E-state index contributed by atoms with van der Waals surface area (Å²) < 4.78 is 0. The van der Waals surface area contributed by atoms with Gasteiger partial charge in [0.05, 0.1) is 11.1 Å². The average molecular weight is 263 g/mol. The number of anilines is 1. The van der Waals surface area contributed by atoms with Gasteiger partial charge in [-0.15, -0.1) is 0 Å². The fraction of sp³-hybridized carbons (Fsp3) is 0.0909. The van der Waals surface area contributed by atoms with Crippen molar-refractivity contribution in [1.82, 2.24) is 10.6 Å². The van der Waals surface area contributed by atoms with E-state index in [0.29, 0.717) is 0 Å². The number of rotatable bonds is 3. The third-order valence-corrected chi connectivity index (χ3v) is 2.39. The second kappa shape index (κ2) is 4.77. The van der Waals surface area contributed by atoms with E-state index in [9.17, 15) is 19.2 Å². The number of urea groups is 1. The van der Waals surface area contributed by atoms with Crippen LogP contribution in [0.1, 0.15) is 20.7 Å². The van der Waals surface area contributed by atoms with Crippen LogP contribution in [0.2, 0.25) is 0 Å². The van der Waals surface area contributed by atoms with Crippen LogP contribution in [-0.2, 0) is 4.79 Å². The summed E-state index contributed by atoms with van der Waals surface area (Å²) in [6, 6.07) is 3.47. The van der Waals surface area contributed by atoms with E-state index in [1.807, 2.05) is 0 Å². The van der Waals surface area contributed by atoms with E-state index < -0.39 is 30.4 Å². The highest BCUT2D eigenvalue weighted by molar-refractivity contribution is 6.22. The molecule has 0 saturated heterocycles. The predicted molar refractivity (Wildman–Crippen MR) is 62.9 cm³/mol. The van der Waals surface area contributed by atoms with E-state index in [1.165, 1.54) is 18.2 Å². The van der Waals surface area contributed by atoms with Crippen molar-refractivity contribution >= 4 is 29.5 Å². The number of carboxylic acids is 1. The van der Waals surface area contributed by atoms with Crippen LogP contribution < -0.4 is 16.0 Å². The zero-order chi connectivity index (χ0) is 14.0. The highest BCUT2D eigenvalue weighted by Gasteiger charge is 2.26. The van der Waals surface area contributed by atoms with Crippen LogP contribution in [0.15, 0.2) is 18.2 Å². The number of amides is 4. The first-order valence-electron chi connectivity index (χ1n) is 5.24. The Balaban J connectivity index is 2.09. The fourth-order valence-electron chi connectivity index (χ4n) is 1.58. The molecule has 1 aliphatic heterocycles. The van der Waals surface area contributed by atoms with Gasteiger partial charge in [-0.2, -0.15) is 0 Å². The quantitative estimate of drug-likeness (QED) is 0.561. The molecule has 0 fully saturated rings. The molecule has 98 valence electrons. The van der Waals surface area contributed by atoms with E-state index in [1.54, 1.807) is 0 Å². The first-order valence-corrected chi connectivity index (χ1v) is 5.24. The van der Waals surface area contributed by atoms with Gasteiger partial charge in [-0.3, -0.25) is 19.7 Å². The van der Waals surface area contributed by atoms with Crippen molar-refractivity contribution in [3.63, 3.8) is 0 Å². The summed E-state index contributed by atoms with van der Waals surface area (Å²) >= 11 is 0. The van der Waals surface area contributed by atoms with Gasteiger partial charge in [0, 0.05) is 5.69 Å². The lowest BCUT2D eigenvalue weighted by Crippen LogP contribution is -2.33. The molecule has 1 aromatic rings. The Morgan fingerprint density at radius 3 is 2.53 bits per heavy atom. The zero-order valence-corrected chi connectivity index (χ0v) is 9.52. The van der Waals surface area contributed by atoms with Gasteiger partial charge in [0.2, 0.25) is 0 Å². The number of nitrogens with one attached hydrogen (secondary N) is 3. The topological polar surface area (TPSA) is 125 Å². The molecule has 0 spiro atoms. The minimum Gasteiger partial charge on any atom is -0.480 e. The third kappa shape index (κ3) is 2.68. The molecule has 0 atom stereocenters. The van der Waals surface area contributed by atoms with Crippen molar-refractivity contribution in [2.75, 3.05) is 11.9 Å². The molecule has 8 heteroatoms. The molecule has 1 heterocycles. The number of aliphatic carboxylic acids is 1. The average Bonchev–Trinajstić information content (AvgIpc) is 2.62. The van der Waals surface area contributed by atoms with E-state index in [0.717, 1.165) is 0 Å². The maximum atomic E-state index is 11.4. The van der Waals surface area contributed by atoms with Gasteiger partial charge in [0.25, 0.3) is 11.8 Å². The SMILES string of the molecule is O=C(O)CNC(=O)Nc1ccc2c(c1)C(=O)NC2=O. The van der Waals surface area contributed by atoms with Gasteiger partial charge < -0.3 is 15.7 Å². The number of hydrogen-bond acceptors (Lipinski definition) is 4. The van der Waals surface area contributed by atoms with Gasteiger partial charge in [-0.05, 0) is 18.2 Å². The van der Waals surface area contributed by atoms with E-state index in [2.05, 4.69) is 16.0 Å². The molecule has 2 rings (SSSR count). The number of hydrogen-bond donors (Lipinski definition) is 4. The molecule has 0 aliphatic carbocycles. The van der Waals surface area contributed by atoms with Crippen molar-refractivity contribution < 1.29 is 24.3 Å². The van der Waals surface area contributed by atoms with E-state index >= 15 is 0 Å². The summed E-state index contributed by atoms with van der Waals surface area (Å²) in [7, 11) is 0. The van der Waals surface area contributed by atoms with Gasteiger partial charge in [-0.25, -0.2) is 4.79 Å². The van der Waals surface area contributed by atoms with E-state index in [-0.39, 0.29) is 16.8 Å². The van der Waals surface area contributed by atoms with Crippen LogP contribution in [-0.4, -0.2) is 35.5 Å². The maximum Gasteiger partial charge on any atom is 0.323 e. The minimum atomic E-state index is -1.17. The van der Waals surface area contributed by atoms with Crippen LogP contribution in [0.5, 0.6) is 0 Å². The van der Waals surface area contributed by atoms with Crippen molar-refractivity contribution in [3.8, 4) is 0 Å². The Morgan fingerprint density at radius 2 is 1.84 bits per heavy atom. The summed E-state index contributed by atoms with van der Waals surface area (Å²) in [5, 5.41) is 15.0. The van der Waals surface area contributed by atoms with Gasteiger partial charge >= 0.3 is 12.0 Å². The molecule has 0 bridgehead atoms. The van der Waals surface area contributed by atoms with Crippen LogP contribution in [0.3, 0.4) is 0 Å². The Bertz CT molecular complexity index is 596. The van der Waals surface area contributed by atoms with Gasteiger partial charge in [-0.1, -0.05) is 0 Å². The molecule has 0 aromatic heterocycles. The molecule has 8 nitrogen and oxygen atoms in total. The Labute approximate surface area is 106 Å². The largest absolute Gasteiger partial charge is 0.480 e. The minimum absolute atomic E-state index is 0.168. The fourth-order valence-corrected chi connectivity index (χ4v) is 1.58. The summed E-state index contributed by atoms with van der Waals surface area (Å²) in [6.45, 7) is -0.518. The molecule has 4 N–H and O–H groups in total. The lowest BCUT2D eigenvalue weighted by Gasteiger charge is -2.06. The maximum absolute atomic E-state index is 11.4. The molecule has 0 radical (unpaired) electrons. The summed E-state index contributed by atoms with van der Waals surface area (Å²) in [5.41, 5.74) is 0.689. The first kappa shape index (κ1) is 12.6. The summed E-state index contributed by atoms with van der Waals surface area (Å²) in [5.74, 6) is -2.19. The lowest BCUT2D eigenvalue weighted by atomic mass is 10.1. The van der Waals surface area contributed by atoms with Crippen molar-refractivity contribution in [3.05, 3.63) is 29.3 Å². The van der Waals surface area contributed by atoms with Gasteiger partial charge in [0.15, 0.2) is 0 Å². The number of carboxylic acid groups (broad SMARTS) is 1. The number of carbonyl (C=O) groups is 4. The monoisotopic (exact) mass is 263 g/mol. The van der Waals surface area contributed by atoms with Crippen LogP contribution in [0.25, 0.3) is 0 Å².